The van der Waals surface area contributed by atoms with Crippen LogP contribution in [0.25, 0.3) is 0 Å². The van der Waals surface area contributed by atoms with Crippen LogP contribution < -0.4 is 0 Å². The minimum absolute atomic E-state index is 0.0940. The van der Waals surface area contributed by atoms with Crippen molar-refractivity contribution in [2.24, 2.45) is 0 Å². The number of carboxylic acids is 1. The predicted molar refractivity (Wildman–Crippen MR) is 111 cm³/mol. The standard InChI is InChI=1S/C22H38O8/c23-16-17(24)20-21(19(27)22(28)30-20)29-15-13-11-9-7-5-3-1-2-4-6-8-10-12-14-18(25)26/h17,20,23-24,27H,1-16H2,(H,25,26)/t17-,20+/m0/s1. The fourth-order valence-corrected chi connectivity index (χ4v) is 3.46. The summed E-state index contributed by atoms with van der Waals surface area (Å²) in [6.45, 7) is -0.276. The Morgan fingerprint density at radius 2 is 1.37 bits per heavy atom. The molecule has 0 aromatic carbocycles. The van der Waals surface area contributed by atoms with E-state index in [2.05, 4.69) is 0 Å². The van der Waals surface area contributed by atoms with Crippen molar-refractivity contribution in [3.05, 3.63) is 11.5 Å². The summed E-state index contributed by atoms with van der Waals surface area (Å²) in [7, 11) is 0. The Morgan fingerprint density at radius 3 is 1.83 bits per heavy atom. The lowest BCUT2D eigenvalue weighted by Crippen LogP contribution is -2.32. The fourth-order valence-electron chi connectivity index (χ4n) is 3.46. The van der Waals surface area contributed by atoms with Crippen molar-refractivity contribution in [3.8, 4) is 0 Å². The van der Waals surface area contributed by atoms with Crippen LogP contribution in [0.2, 0.25) is 0 Å². The van der Waals surface area contributed by atoms with E-state index in [0.29, 0.717) is 6.61 Å². The quantitative estimate of drug-likeness (QED) is 0.180. The topological polar surface area (TPSA) is 134 Å². The van der Waals surface area contributed by atoms with Crippen molar-refractivity contribution in [1.82, 2.24) is 0 Å². The Morgan fingerprint density at radius 1 is 0.900 bits per heavy atom. The van der Waals surface area contributed by atoms with E-state index >= 15 is 0 Å². The summed E-state index contributed by atoms with van der Waals surface area (Å²) in [6, 6.07) is 0. The lowest BCUT2D eigenvalue weighted by Gasteiger charge is -2.18. The molecule has 0 saturated carbocycles. The second-order valence-corrected chi connectivity index (χ2v) is 7.88. The zero-order chi connectivity index (χ0) is 22.2. The van der Waals surface area contributed by atoms with E-state index < -0.39 is 36.5 Å². The first kappa shape index (κ1) is 26.2. The fraction of sp³-hybridized carbons (Fsp3) is 0.818. The Labute approximate surface area is 178 Å². The van der Waals surface area contributed by atoms with Crippen LogP contribution in [0.4, 0.5) is 0 Å². The summed E-state index contributed by atoms with van der Waals surface area (Å²) in [6.07, 6.45) is 12.1. The van der Waals surface area contributed by atoms with Crippen molar-refractivity contribution in [2.75, 3.05) is 13.2 Å². The zero-order valence-corrected chi connectivity index (χ0v) is 17.9. The maximum Gasteiger partial charge on any atom is 0.378 e. The van der Waals surface area contributed by atoms with E-state index in [4.69, 9.17) is 19.7 Å². The summed E-state index contributed by atoms with van der Waals surface area (Å²) in [5, 5.41) is 36.9. The van der Waals surface area contributed by atoms with E-state index in [0.717, 1.165) is 44.9 Å². The molecule has 0 amide bonds. The molecule has 8 nitrogen and oxygen atoms in total. The molecule has 1 heterocycles. The largest absolute Gasteiger partial charge is 0.499 e. The third kappa shape index (κ3) is 10.8. The molecule has 1 aliphatic heterocycles. The number of rotatable bonds is 19. The van der Waals surface area contributed by atoms with Gasteiger partial charge in [0.15, 0.2) is 11.9 Å². The first-order valence-corrected chi connectivity index (χ1v) is 11.2. The molecule has 8 heteroatoms. The van der Waals surface area contributed by atoms with Crippen molar-refractivity contribution >= 4 is 11.9 Å². The van der Waals surface area contributed by atoms with Gasteiger partial charge in [0.05, 0.1) is 13.2 Å². The van der Waals surface area contributed by atoms with Crippen molar-refractivity contribution in [3.63, 3.8) is 0 Å². The molecule has 0 bridgehead atoms. The maximum atomic E-state index is 11.4. The number of hydrogen-bond acceptors (Lipinski definition) is 7. The Bertz CT molecular complexity index is 531. The maximum absolute atomic E-state index is 11.4. The number of unbranched alkanes of at least 4 members (excludes halogenated alkanes) is 12. The Hall–Kier alpha value is -1.80. The van der Waals surface area contributed by atoms with Gasteiger partial charge in [-0.1, -0.05) is 70.6 Å². The van der Waals surface area contributed by atoms with Gasteiger partial charge in [0, 0.05) is 6.42 Å². The lowest BCUT2D eigenvalue weighted by atomic mass is 10.0. The SMILES string of the molecule is O=C(O)CCCCCCCCCCCCCCCOC1=C(O)C(=O)O[C@@H]1[C@@H](O)CO. The molecule has 0 fully saturated rings. The summed E-state index contributed by atoms with van der Waals surface area (Å²) >= 11 is 0. The van der Waals surface area contributed by atoms with Gasteiger partial charge >= 0.3 is 11.9 Å². The minimum atomic E-state index is -1.31. The molecule has 0 aromatic rings. The zero-order valence-electron chi connectivity index (χ0n) is 17.9. The molecule has 0 saturated heterocycles. The molecule has 0 radical (unpaired) electrons. The van der Waals surface area contributed by atoms with Crippen LogP contribution in [-0.4, -0.2) is 57.8 Å². The molecule has 0 spiro atoms. The first-order chi connectivity index (χ1) is 14.5. The predicted octanol–water partition coefficient (Wildman–Crippen LogP) is 3.60. The van der Waals surface area contributed by atoms with Gasteiger partial charge in [0.2, 0.25) is 5.76 Å². The number of aliphatic carboxylic acids is 1. The summed E-state index contributed by atoms with van der Waals surface area (Å²) < 4.78 is 10.2. The second kappa shape index (κ2) is 16.0. The molecule has 0 aromatic heterocycles. The summed E-state index contributed by atoms with van der Waals surface area (Å²) in [5.41, 5.74) is 0. The second-order valence-electron chi connectivity index (χ2n) is 7.88. The molecule has 2 atom stereocenters. The number of aliphatic hydroxyl groups is 3. The van der Waals surface area contributed by atoms with Crippen molar-refractivity contribution in [2.45, 2.75) is 102 Å². The van der Waals surface area contributed by atoms with E-state index in [1.807, 2.05) is 0 Å². The van der Waals surface area contributed by atoms with Gasteiger partial charge in [-0.25, -0.2) is 4.79 Å². The third-order valence-electron chi connectivity index (χ3n) is 5.25. The Kier molecular flexibility index (Phi) is 14.0. The third-order valence-corrected chi connectivity index (χ3v) is 5.25. The number of carboxylic acid groups (broad SMARTS) is 1. The normalized spacial score (nSPS) is 17.3. The van der Waals surface area contributed by atoms with Crippen LogP contribution in [0.3, 0.4) is 0 Å². The van der Waals surface area contributed by atoms with Gasteiger partial charge in [-0.05, 0) is 12.8 Å². The van der Waals surface area contributed by atoms with Gasteiger partial charge in [0.1, 0.15) is 6.10 Å². The number of ether oxygens (including phenoxy) is 2. The van der Waals surface area contributed by atoms with Crippen LogP contribution in [0.15, 0.2) is 11.5 Å². The minimum Gasteiger partial charge on any atom is -0.499 e. The molecule has 1 rings (SSSR count). The van der Waals surface area contributed by atoms with Gasteiger partial charge < -0.3 is 29.9 Å². The molecule has 0 aliphatic carbocycles. The summed E-state index contributed by atoms with van der Waals surface area (Å²) in [5.74, 6) is -2.37. The number of carbonyl (C=O) groups is 2. The van der Waals surface area contributed by atoms with Crippen LogP contribution in [0.5, 0.6) is 0 Å². The van der Waals surface area contributed by atoms with Crippen molar-refractivity contribution < 1.29 is 39.5 Å². The van der Waals surface area contributed by atoms with E-state index in [9.17, 15) is 19.8 Å². The first-order valence-electron chi connectivity index (χ1n) is 11.2. The van der Waals surface area contributed by atoms with Crippen LogP contribution in [0, 0.1) is 0 Å². The molecule has 174 valence electrons. The van der Waals surface area contributed by atoms with Crippen LogP contribution >= 0.6 is 0 Å². The lowest BCUT2D eigenvalue weighted by molar-refractivity contribution is -0.148. The van der Waals surface area contributed by atoms with Crippen molar-refractivity contribution in [1.29, 1.82) is 0 Å². The Balaban J connectivity index is 1.92. The number of carbonyl (C=O) groups excluding carboxylic acids is 1. The monoisotopic (exact) mass is 430 g/mol. The molecule has 4 N–H and O–H groups in total. The van der Waals surface area contributed by atoms with Gasteiger partial charge in [-0.2, -0.15) is 0 Å². The average molecular weight is 431 g/mol. The number of esters is 1. The number of aliphatic hydroxyl groups excluding tert-OH is 3. The van der Waals surface area contributed by atoms with Gasteiger partial charge in [-0.15, -0.1) is 0 Å². The molecular weight excluding hydrogens is 392 g/mol. The average Bonchev–Trinajstić information content (AvgIpc) is 3.01. The number of hydrogen-bond donors (Lipinski definition) is 4. The van der Waals surface area contributed by atoms with Gasteiger partial charge in [-0.3, -0.25) is 4.79 Å². The van der Waals surface area contributed by atoms with Crippen LogP contribution in [0.1, 0.15) is 89.9 Å². The number of cyclic esters (lactones) is 1. The molecule has 0 unspecified atom stereocenters. The molecular formula is C22H38O8. The highest BCUT2D eigenvalue weighted by molar-refractivity contribution is 5.89. The highest BCUT2D eigenvalue weighted by Crippen LogP contribution is 2.25. The van der Waals surface area contributed by atoms with E-state index in [1.165, 1.54) is 38.5 Å². The van der Waals surface area contributed by atoms with E-state index in [-0.39, 0.29) is 12.2 Å². The molecule has 30 heavy (non-hydrogen) atoms. The van der Waals surface area contributed by atoms with Gasteiger partial charge in [0.25, 0.3) is 0 Å². The smallest absolute Gasteiger partial charge is 0.378 e. The van der Waals surface area contributed by atoms with E-state index in [1.54, 1.807) is 0 Å². The van der Waals surface area contributed by atoms with Crippen LogP contribution in [-0.2, 0) is 19.1 Å². The molecule has 1 aliphatic rings. The highest BCUT2D eigenvalue weighted by Gasteiger charge is 2.40. The summed E-state index contributed by atoms with van der Waals surface area (Å²) in [4.78, 5) is 21.8. The highest BCUT2D eigenvalue weighted by atomic mass is 16.6.